The van der Waals surface area contributed by atoms with Gasteiger partial charge in [0.15, 0.2) is 5.78 Å². The summed E-state index contributed by atoms with van der Waals surface area (Å²) in [5.41, 5.74) is 2.66. The van der Waals surface area contributed by atoms with Crippen LogP contribution in [0.15, 0.2) is 6.07 Å². The number of nitrogens with zero attached hydrogens (tertiary/aromatic N) is 1. The molecule has 0 aliphatic rings. The first-order valence-electron chi connectivity index (χ1n) is 5.03. The van der Waals surface area contributed by atoms with Gasteiger partial charge in [0.2, 0.25) is 0 Å². The molecule has 2 N–H and O–H groups in total. The Kier molecular flexibility index (Phi) is 4.05. The van der Waals surface area contributed by atoms with Gasteiger partial charge < -0.3 is 10.1 Å². The molecule has 0 spiro atoms. The zero-order chi connectivity index (χ0) is 11.4. The Morgan fingerprint density at radius 2 is 2.20 bits per heavy atom. The Morgan fingerprint density at radius 1 is 1.53 bits per heavy atom. The molecule has 0 radical (unpaired) electrons. The highest BCUT2D eigenvalue weighted by molar-refractivity contribution is 5.98. The van der Waals surface area contributed by atoms with Gasteiger partial charge in [-0.25, -0.2) is 0 Å². The Bertz CT molecular complexity index is 344. The van der Waals surface area contributed by atoms with E-state index in [2.05, 4.69) is 4.98 Å². The summed E-state index contributed by atoms with van der Waals surface area (Å²) in [5.74, 6) is 0.0906. The zero-order valence-corrected chi connectivity index (χ0v) is 9.50. The molecule has 1 aromatic rings. The zero-order valence-electron chi connectivity index (χ0n) is 9.50. The minimum Gasteiger partial charge on any atom is -0.395 e. The number of hydrogen-bond donors (Lipinski definition) is 2. The predicted octanol–water partition coefficient (Wildman–Crippen LogP) is 0.738. The molecule has 0 aromatic carbocycles. The van der Waals surface area contributed by atoms with Gasteiger partial charge in [-0.15, -0.1) is 0 Å². The van der Waals surface area contributed by atoms with E-state index in [1.807, 2.05) is 31.9 Å². The van der Waals surface area contributed by atoms with Crippen molar-refractivity contribution in [3.63, 3.8) is 0 Å². The largest absolute Gasteiger partial charge is 0.395 e. The molecule has 4 nitrogen and oxygen atoms in total. The highest BCUT2D eigenvalue weighted by Crippen LogP contribution is 2.10. The minimum absolute atomic E-state index is 0.0783. The van der Waals surface area contributed by atoms with Crippen molar-refractivity contribution >= 4 is 5.78 Å². The van der Waals surface area contributed by atoms with Crippen LogP contribution in [0.25, 0.3) is 0 Å². The molecule has 1 rings (SSSR count). The fourth-order valence-electron chi connectivity index (χ4n) is 1.59. The van der Waals surface area contributed by atoms with E-state index in [0.717, 1.165) is 17.0 Å². The molecule has 0 unspecified atom stereocenters. The van der Waals surface area contributed by atoms with Crippen LogP contribution < -0.4 is 0 Å². The Labute approximate surface area is 89.9 Å². The average Bonchev–Trinajstić information content (AvgIpc) is 2.45. The quantitative estimate of drug-likeness (QED) is 0.705. The number of Topliss-reactive ketones (excluding diaryl/α,β-unsaturated/α-hetero) is 1. The molecule has 1 heterocycles. The van der Waals surface area contributed by atoms with E-state index in [4.69, 9.17) is 5.11 Å². The van der Waals surface area contributed by atoms with E-state index in [0.29, 0.717) is 13.1 Å². The number of carbonyl (C=O) groups excluding carboxylic acids is 1. The Hall–Kier alpha value is -1.13. The van der Waals surface area contributed by atoms with Gasteiger partial charge in [0.25, 0.3) is 0 Å². The number of aromatic amines is 1. The standard InChI is InChI=1S/C11H18N2O2/c1-8-6-10(9(2)12-8)11(15)7-13(3)4-5-14/h6,12,14H,4-5,7H2,1-3H3. The third-order valence-electron chi connectivity index (χ3n) is 2.35. The smallest absolute Gasteiger partial charge is 0.178 e. The second-order valence-corrected chi connectivity index (χ2v) is 3.88. The molecule has 0 saturated heterocycles. The number of aryl methyl sites for hydroxylation is 2. The van der Waals surface area contributed by atoms with Crippen LogP contribution >= 0.6 is 0 Å². The van der Waals surface area contributed by atoms with Gasteiger partial charge in [-0.05, 0) is 27.0 Å². The van der Waals surface area contributed by atoms with Crippen molar-refractivity contribution in [1.82, 2.24) is 9.88 Å². The van der Waals surface area contributed by atoms with Crippen molar-refractivity contribution in [3.05, 3.63) is 23.0 Å². The van der Waals surface area contributed by atoms with E-state index in [1.54, 1.807) is 0 Å². The first-order chi connectivity index (χ1) is 7.04. The summed E-state index contributed by atoms with van der Waals surface area (Å²) < 4.78 is 0. The van der Waals surface area contributed by atoms with Gasteiger partial charge in [-0.2, -0.15) is 0 Å². The lowest BCUT2D eigenvalue weighted by molar-refractivity contribution is 0.0935. The van der Waals surface area contributed by atoms with Crippen molar-refractivity contribution in [2.24, 2.45) is 0 Å². The monoisotopic (exact) mass is 210 g/mol. The van der Waals surface area contributed by atoms with Gasteiger partial charge in [0, 0.05) is 23.5 Å². The molecule has 15 heavy (non-hydrogen) atoms. The summed E-state index contributed by atoms with van der Waals surface area (Å²) in [5, 5.41) is 8.72. The van der Waals surface area contributed by atoms with Crippen LogP contribution in [0.3, 0.4) is 0 Å². The second kappa shape index (κ2) is 5.09. The van der Waals surface area contributed by atoms with Gasteiger partial charge in [0.1, 0.15) is 0 Å². The number of likely N-dealkylation sites (N-methyl/N-ethyl adjacent to an activating group) is 1. The summed E-state index contributed by atoms with van der Waals surface area (Å²) in [6, 6.07) is 1.87. The van der Waals surface area contributed by atoms with E-state index >= 15 is 0 Å². The number of ketones is 1. The lowest BCUT2D eigenvalue weighted by Crippen LogP contribution is -2.28. The predicted molar refractivity (Wildman–Crippen MR) is 59.2 cm³/mol. The molecular formula is C11H18N2O2. The minimum atomic E-state index is 0.0783. The van der Waals surface area contributed by atoms with E-state index in [9.17, 15) is 4.79 Å². The number of nitrogens with one attached hydrogen (secondary N) is 1. The van der Waals surface area contributed by atoms with Gasteiger partial charge >= 0.3 is 0 Å². The Morgan fingerprint density at radius 3 is 2.67 bits per heavy atom. The fourth-order valence-corrected chi connectivity index (χ4v) is 1.59. The van der Waals surface area contributed by atoms with Crippen LogP contribution in [-0.2, 0) is 0 Å². The third-order valence-corrected chi connectivity index (χ3v) is 2.35. The molecule has 1 aromatic heterocycles. The Balaban J connectivity index is 2.65. The van der Waals surface area contributed by atoms with Crippen molar-refractivity contribution in [2.45, 2.75) is 13.8 Å². The molecule has 0 fully saturated rings. The number of carbonyl (C=O) groups is 1. The summed E-state index contributed by atoms with van der Waals surface area (Å²) in [4.78, 5) is 16.7. The van der Waals surface area contributed by atoms with Gasteiger partial charge in [0.05, 0.1) is 13.2 Å². The fraction of sp³-hybridized carbons (Fsp3) is 0.545. The van der Waals surface area contributed by atoms with Crippen molar-refractivity contribution in [3.8, 4) is 0 Å². The lowest BCUT2D eigenvalue weighted by Gasteiger charge is -2.13. The highest BCUT2D eigenvalue weighted by Gasteiger charge is 2.13. The van der Waals surface area contributed by atoms with E-state index in [-0.39, 0.29) is 12.4 Å². The molecule has 0 saturated carbocycles. The number of hydrogen-bond acceptors (Lipinski definition) is 3. The highest BCUT2D eigenvalue weighted by atomic mass is 16.3. The molecule has 0 atom stereocenters. The number of H-pyrrole nitrogens is 1. The van der Waals surface area contributed by atoms with E-state index < -0.39 is 0 Å². The third kappa shape index (κ3) is 3.18. The van der Waals surface area contributed by atoms with Crippen LogP contribution in [0.1, 0.15) is 21.7 Å². The summed E-state index contributed by atoms with van der Waals surface area (Å²) >= 11 is 0. The van der Waals surface area contributed by atoms with Gasteiger partial charge in [-0.1, -0.05) is 0 Å². The van der Waals surface area contributed by atoms with Crippen LogP contribution in [0.5, 0.6) is 0 Å². The topological polar surface area (TPSA) is 56.3 Å². The molecule has 0 bridgehead atoms. The van der Waals surface area contributed by atoms with Crippen molar-refractivity contribution in [2.75, 3.05) is 26.7 Å². The van der Waals surface area contributed by atoms with Crippen LogP contribution in [0, 0.1) is 13.8 Å². The summed E-state index contributed by atoms with van der Waals surface area (Å²) in [7, 11) is 1.82. The van der Waals surface area contributed by atoms with Crippen LogP contribution in [0.2, 0.25) is 0 Å². The van der Waals surface area contributed by atoms with Gasteiger partial charge in [-0.3, -0.25) is 9.69 Å². The van der Waals surface area contributed by atoms with Crippen LogP contribution in [-0.4, -0.2) is 47.5 Å². The van der Waals surface area contributed by atoms with Crippen molar-refractivity contribution in [1.29, 1.82) is 0 Å². The molecule has 4 heteroatoms. The first kappa shape index (κ1) is 11.9. The van der Waals surface area contributed by atoms with Crippen molar-refractivity contribution < 1.29 is 9.90 Å². The molecule has 0 aliphatic heterocycles. The normalized spacial score (nSPS) is 11.0. The first-order valence-corrected chi connectivity index (χ1v) is 5.03. The number of aliphatic hydroxyl groups is 1. The SMILES string of the molecule is Cc1cc(C(=O)CN(C)CCO)c(C)[nH]1. The number of aliphatic hydroxyl groups excluding tert-OH is 1. The lowest BCUT2D eigenvalue weighted by atomic mass is 10.1. The maximum absolute atomic E-state index is 11.8. The number of aromatic nitrogens is 1. The second-order valence-electron chi connectivity index (χ2n) is 3.88. The maximum atomic E-state index is 11.8. The van der Waals surface area contributed by atoms with E-state index in [1.165, 1.54) is 0 Å². The molecule has 84 valence electrons. The molecule has 0 amide bonds. The number of rotatable bonds is 5. The maximum Gasteiger partial charge on any atom is 0.178 e. The van der Waals surface area contributed by atoms with Crippen LogP contribution in [0.4, 0.5) is 0 Å². The summed E-state index contributed by atoms with van der Waals surface area (Å²) in [6.45, 7) is 4.77. The average molecular weight is 210 g/mol. The molecular weight excluding hydrogens is 192 g/mol. The summed E-state index contributed by atoms with van der Waals surface area (Å²) in [6.07, 6.45) is 0. The molecule has 0 aliphatic carbocycles.